The van der Waals surface area contributed by atoms with Crippen LogP contribution in [0.25, 0.3) is 6.08 Å². The van der Waals surface area contributed by atoms with Gasteiger partial charge in [0.2, 0.25) is 0 Å². The largest absolute Gasteiger partial charge is 0.298 e. The maximum Gasteiger partial charge on any atom is 0.265 e. The number of hydrogen-bond acceptors (Lipinski definition) is 4. The molecule has 1 aliphatic rings. The maximum absolute atomic E-state index is 12.2. The van der Waals surface area contributed by atoms with Gasteiger partial charge in [-0.2, -0.15) is 0 Å². The van der Waals surface area contributed by atoms with E-state index >= 15 is 0 Å². The van der Waals surface area contributed by atoms with Crippen molar-refractivity contribution in [3.05, 3.63) is 40.1 Å². The number of rotatable bonds is 3. The van der Waals surface area contributed by atoms with Crippen LogP contribution in [0.2, 0.25) is 0 Å². The van der Waals surface area contributed by atoms with Gasteiger partial charge in [-0.3, -0.25) is 19.8 Å². The van der Waals surface area contributed by atoms with E-state index in [4.69, 9.17) is 12.2 Å². The van der Waals surface area contributed by atoms with E-state index in [0.29, 0.717) is 0 Å². The summed E-state index contributed by atoms with van der Waals surface area (Å²) in [4.78, 5) is 27.4. The van der Waals surface area contributed by atoms with E-state index < -0.39 is 5.91 Å². The van der Waals surface area contributed by atoms with E-state index in [0.717, 1.165) is 9.75 Å². The smallest absolute Gasteiger partial charge is 0.265 e. The Bertz CT molecular complexity index is 602. The predicted molar refractivity (Wildman–Crippen MR) is 79.7 cm³/mol. The molecule has 0 aromatic carbocycles. The van der Waals surface area contributed by atoms with Crippen molar-refractivity contribution in [1.82, 2.24) is 10.2 Å². The second kappa shape index (κ2) is 5.46. The average Bonchev–Trinajstić information content (AvgIpc) is 2.76. The van der Waals surface area contributed by atoms with E-state index in [1.807, 2.05) is 19.1 Å². The molecule has 1 aliphatic heterocycles. The first kappa shape index (κ1) is 13.6. The number of nitrogens with zero attached hydrogens (tertiary/aromatic N) is 1. The van der Waals surface area contributed by atoms with Gasteiger partial charge in [0.1, 0.15) is 5.57 Å². The summed E-state index contributed by atoms with van der Waals surface area (Å²) >= 11 is 6.49. The summed E-state index contributed by atoms with van der Waals surface area (Å²) in [6.07, 6.45) is 3.15. The van der Waals surface area contributed by atoms with Gasteiger partial charge in [-0.1, -0.05) is 6.08 Å². The van der Waals surface area contributed by atoms with Crippen LogP contribution in [0.3, 0.4) is 0 Å². The molecule has 1 aromatic heterocycles. The minimum atomic E-state index is -0.457. The van der Waals surface area contributed by atoms with Gasteiger partial charge in [-0.05, 0) is 37.4 Å². The molecule has 0 aliphatic carbocycles. The first-order chi connectivity index (χ1) is 9.02. The normalized spacial score (nSPS) is 17.8. The van der Waals surface area contributed by atoms with Crippen LogP contribution in [0.5, 0.6) is 0 Å². The second-order valence-electron chi connectivity index (χ2n) is 3.97. The molecule has 0 saturated carbocycles. The van der Waals surface area contributed by atoms with Gasteiger partial charge in [0, 0.05) is 16.3 Å². The number of aryl methyl sites for hydroxylation is 1. The highest BCUT2D eigenvalue weighted by molar-refractivity contribution is 7.80. The zero-order valence-electron chi connectivity index (χ0n) is 10.3. The highest BCUT2D eigenvalue weighted by Gasteiger charge is 2.32. The fraction of sp³-hybridized carbons (Fsp3) is 0.154. The molecular weight excluding hydrogens is 280 g/mol. The number of hydrogen-bond donors (Lipinski definition) is 1. The SMILES string of the molecule is C=CCN1C(=O)/C(=C/c2ccc(C)s2)C(=O)NC1=S. The second-order valence-corrected chi connectivity index (χ2v) is 5.68. The van der Waals surface area contributed by atoms with Crippen LogP contribution >= 0.6 is 23.6 Å². The lowest BCUT2D eigenvalue weighted by molar-refractivity contribution is -0.128. The number of thiophene rings is 1. The van der Waals surface area contributed by atoms with Crippen LogP contribution in [-0.4, -0.2) is 28.4 Å². The summed E-state index contributed by atoms with van der Waals surface area (Å²) < 4.78 is 0. The molecule has 98 valence electrons. The fourth-order valence-electron chi connectivity index (χ4n) is 1.66. The van der Waals surface area contributed by atoms with Gasteiger partial charge < -0.3 is 0 Å². The van der Waals surface area contributed by atoms with Gasteiger partial charge in [0.05, 0.1) is 0 Å². The lowest BCUT2D eigenvalue weighted by atomic mass is 10.1. The van der Waals surface area contributed by atoms with Crippen molar-refractivity contribution >= 4 is 46.6 Å². The van der Waals surface area contributed by atoms with Crippen molar-refractivity contribution < 1.29 is 9.59 Å². The molecule has 1 fully saturated rings. The molecule has 2 amide bonds. The number of carbonyl (C=O) groups is 2. The highest BCUT2D eigenvalue weighted by atomic mass is 32.1. The molecular formula is C13H12N2O2S2. The first-order valence-corrected chi connectivity index (χ1v) is 6.81. The third-order valence-electron chi connectivity index (χ3n) is 2.55. The third-order valence-corrected chi connectivity index (χ3v) is 3.82. The summed E-state index contributed by atoms with van der Waals surface area (Å²) in [5, 5.41) is 2.63. The van der Waals surface area contributed by atoms with Crippen LogP contribution in [0.4, 0.5) is 0 Å². The summed E-state index contributed by atoms with van der Waals surface area (Å²) in [5.74, 6) is -0.846. The zero-order valence-corrected chi connectivity index (χ0v) is 11.9. The van der Waals surface area contributed by atoms with Crippen LogP contribution in [0.1, 0.15) is 9.75 Å². The Morgan fingerprint density at radius 3 is 2.79 bits per heavy atom. The van der Waals surface area contributed by atoms with Gasteiger partial charge >= 0.3 is 0 Å². The summed E-state index contributed by atoms with van der Waals surface area (Å²) in [5.41, 5.74) is 0.0947. The van der Waals surface area contributed by atoms with Crippen LogP contribution < -0.4 is 5.32 Å². The molecule has 0 atom stereocenters. The number of nitrogens with one attached hydrogen (secondary N) is 1. The fourth-order valence-corrected chi connectivity index (χ4v) is 2.73. The van der Waals surface area contributed by atoms with E-state index in [1.165, 1.54) is 16.2 Å². The third kappa shape index (κ3) is 2.80. The Hall–Kier alpha value is -1.79. The number of amides is 2. The van der Waals surface area contributed by atoms with Crippen LogP contribution in [0, 0.1) is 6.92 Å². The Labute approximate surface area is 120 Å². The molecule has 1 saturated heterocycles. The van der Waals surface area contributed by atoms with Crippen molar-refractivity contribution in [2.45, 2.75) is 6.92 Å². The molecule has 0 bridgehead atoms. The van der Waals surface area contributed by atoms with Crippen LogP contribution in [0.15, 0.2) is 30.4 Å². The minimum absolute atomic E-state index is 0.0947. The van der Waals surface area contributed by atoms with E-state index in [-0.39, 0.29) is 23.1 Å². The lowest BCUT2D eigenvalue weighted by Crippen LogP contribution is -2.53. The topological polar surface area (TPSA) is 49.4 Å². The molecule has 19 heavy (non-hydrogen) atoms. The standard InChI is InChI=1S/C13H12N2O2S2/c1-3-6-15-12(17)10(11(16)14-13(15)18)7-9-5-4-8(2)19-9/h3-5,7H,1,6H2,2H3,(H,14,16,18)/b10-7+. The van der Waals surface area contributed by atoms with E-state index in [2.05, 4.69) is 11.9 Å². The van der Waals surface area contributed by atoms with Crippen molar-refractivity contribution in [2.75, 3.05) is 6.54 Å². The van der Waals surface area contributed by atoms with Crippen molar-refractivity contribution in [1.29, 1.82) is 0 Å². The summed E-state index contributed by atoms with van der Waals surface area (Å²) in [7, 11) is 0. The van der Waals surface area contributed by atoms with Gasteiger partial charge in [-0.15, -0.1) is 17.9 Å². The van der Waals surface area contributed by atoms with Gasteiger partial charge in [-0.25, -0.2) is 0 Å². The van der Waals surface area contributed by atoms with Crippen LogP contribution in [-0.2, 0) is 9.59 Å². The quantitative estimate of drug-likeness (QED) is 0.400. The molecule has 1 aromatic rings. The number of carbonyl (C=O) groups excluding carboxylic acids is 2. The molecule has 2 rings (SSSR count). The van der Waals surface area contributed by atoms with Crippen molar-refractivity contribution in [3.63, 3.8) is 0 Å². The predicted octanol–water partition coefficient (Wildman–Crippen LogP) is 1.87. The first-order valence-electron chi connectivity index (χ1n) is 5.59. The molecule has 6 heteroatoms. The molecule has 0 unspecified atom stereocenters. The minimum Gasteiger partial charge on any atom is -0.298 e. The molecule has 4 nitrogen and oxygen atoms in total. The summed E-state index contributed by atoms with van der Waals surface area (Å²) in [6, 6.07) is 3.81. The molecule has 0 radical (unpaired) electrons. The maximum atomic E-state index is 12.2. The van der Waals surface area contributed by atoms with Crippen molar-refractivity contribution in [2.24, 2.45) is 0 Å². The van der Waals surface area contributed by atoms with Crippen molar-refractivity contribution in [3.8, 4) is 0 Å². The van der Waals surface area contributed by atoms with E-state index in [9.17, 15) is 9.59 Å². The summed E-state index contributed by atoms with van der Waals surface area (Å²) in [6.45, 7) is 5.81. The Morgan fingerprint density at radius 1 is 1.47 bits per heavy atom. The average molecular weight is 292 g/mol. The Kier molecular flexibility index (Phi) is 3.92. The Balaban J connectivity index is 2.35. The zero-order chi connectivity index (χ0) is 14.0. The molecule has 2 heterocycles. The van der Waals surface area contributed by atoms with E-state index in [1.54, 1.807) is 12.2 Å². The highest BCUT2D eigenvalue weighted by Crippen LogP contribution is 2.20. The van der Waals surface area contributed by atoms with Gasteiger partial charge in [0.15, 0.2) is 5.11 Å². The monoisotopic (exact) mass is 292 g/mol. The molecule has 0 spiro atoms. The molecule has 1 N–H and O–H groups in total. The number of thiocarbonyl (C=S) groups is 1. The lowest BCUT2D eigenvalue weighted by Gasteiger charge is -2.27. The van der Waals surface area contributed by atoms with Gasteiger partial charge in [0.25, 0.3) is 11.8 Å². The Morgan fingerprint density at radius 2 is 2.21 bits per heavy atom.